The average molecular weight is 517 g/mol. The van der Waals surface area contributed by atoms with Crippen LogP contribution in [0.1, 0.15) is 16.9 Å². The lowest BCUT2D eigenvalue weighted by molar-refractivity contribution is -0.385. The van der Waals surface area contributed by atoms with Crippen LogP contribution >= 0.6 is 23.2 Å². The Labute approximate surface area is 216 Å². The molecule has 0 saturated heterocycles. The summed E-state index contributed by atoms with van der Waals surface area (Å²) in [5.41, 5.74) is 3.53. The van der Waals surface area contributed by atoms with Crippen molar-refractivity contribution in [3.8, 4) is 11.3 Å². The van der Waals surface area contributed by atoms with Crippen molar-refractivity contribution in [2.24, 2.45) is 0 Å². The van der Waals surface area contributed by atoms with Crippen molar-refractivity contribution in [2.45, 2.75) is 6.92 Å². The molecule has 178 valence electrons. The van der Waals surface area contributed by atoms with E-state index < -0.39 is 4.92 Å². The van der Waals surface area contributed by atoms with E-state index >= 15 is 0 Å². The highest BCUT2D eigenvalue weighted by molar-refractivity contribution is 6.35. The highest BCUT2D eigenvalue weighted by Crippen LogP contribution is 2.38. The molecule has 0 spiro atoms. The lowest BCUT2D eigenvalue weighted by atomic mass is 10.1. The number of nitro groups is 1. The number of benzene rings is 3. The molecule has 1 amide bonds. The van der Waals surface area contributed by atoms with Crippen LogP contribution in [0.4, 0.5) is 11.4 Å². The van der Waals surface area contributed by atoms with Crippen molar-refractivity contribution in [3.05, 3.63) is 128 Å². The second kappa shape index (κ2) is 9.49. The Bertz CT molecular complexity index is 1570. The summed E-state index contributed by atoms with van der Waals surface area (Å²) in [6, 6.07) is 22.7. The summed E-state index contributed by atoms with van der Waals surface area (Å²) in [6.45, 7) is 1.65. The van der Waals surface area contributed by atoms with Gasteiger partial charge in [-0.3, -0.25) is 19.8 Å². The van der Waals surface area contributed by atoms with E-state index in [9.17, 15) is 14.9 Å². The lowest BCUT2D eigenvalue weighted by Gasteiger charge is -2.21. The van der Waals surface area contributed by atoms with E-state index in [4.69, 9.17) is 27.6 Å². The zero-order valence-electron chi connectivity index (χ0n) is 18.9. The fourth-order valence-corrected chi connectivity index (χ4v) is 4.47. The molecule has 0 radical (unpaired) electrons. The van der Waals surface area contributed by atoms with Crippen molar-refractivity contribution < 1.29 is 14.1 Å². The van der Waals surface area contributed by atoms with Crippen LogP contribution in [-0.4, -0.2) is 10.8 Å². The number of furan rings is 1. The van der Waals surface area contributed by atoms with Gasteiger partial charge >= 0.3 is 0 Å². The topological polar surface area (TPSA) is 76.6 Å². The summed E-state index contributed by atoms with van der Waals surface area (Å²) in [5.74, 6) is 0.713. The van der Waals surface area contributed by atoms with Gasteiger partial charge in [-0.2, -0.15) is 0 Å². The molecule has 1 aliphatic heterocycles. The van der Waals surface area contributed by atoms with Crippen LogP contribution in [0.15, 0.2) is 94.9 Å². The minimum absolute atomic E-state index is 0.00538. The maximum absolute atomic E-state index is 13.6. The van der Waals surface area contributed by atoms with Crippen molar-refractivity contribution in [1.82, 2.24) is 0 Å². The second-order valence-corrected chi connectivity index (χ2v) is 9.03. The Morgan fingerprint density at radius 1 is 0.972 bits per heavy atom. The first kappa shape index (κ1) is 23.6. The van der Waals surface area contributed by atoms with Gasteiger partial charge in [0.25, 0.3) is 11.6 Å². The molecule has 5 rings (SSSR count). The molecular weight excluding hydrogens is 499 g/mol. The minimum atomic E-state index is -0.440. The molecule has 0 saturated carbocycles. The zero-order chi connectivity index (χ0) is 25.4. The predicted molar refractivity (Wildman–Crippen MR) is 142 cm³/mol. The summed E-state index contributed by atoms with van der Waals surface area (Å²) in [7, 11) is 0. The molecule has 0 aliphatic carbocycles. The number of hydrogen-bond donors (Lipinski definition) is 0. The molecular formula is C28H18Cl2N2O4. The number of nitrogens with zero attached hydrogens (tertiary/aromatic N) is 2. The second-order valence-electron chi connectivity index (χ2n) is 8.19. The van der Waals surface area contributed by atoms with Gasteiger partial charge in [-0.15, -0.1) is 0 Å². The molecule has 1 aliphatic rings. The van der Waals surface area contributed by atoms with Gasteiger partial charge in [0.2, 0.25) is 0 Å². The largest absolute Gasteiger partial charge is 0.457 e. The van der Waals surface area contributed by atoms with Crippen LogP contribution < -0.4 is 4.90 Å². The third-order valence-corrected chi connectivity index (χ3v) is 6.37. The maximum atomic E-state index is 13.6. The van der Waals surface area contributed by atoms with Gasteiger partial charge in [0.15, 0.2) is 0 Å². The van der Waals surface area contributed by atoms with E-state index in [1.165, 1.54) is 6.07 Å². The Balaban J connectivity index is 1.56. The van der Waals surface area contributed by atoms with Gasteiger partial charge < -0.3 is 4.42 Å². The van der Waals surface area contributed by atoms with Gasteiger partial charge in [0.05, 0.1) is 21.3 Å². The van der Waals surface area contributed by atoms with Gasteiger partial charge in [-0.05, 0) is 67.1 Å². The van der Waals surface area contributed by atoms with Crippen molar-refractivity contribution in [3.63, 3.8) is 0 Å². The van der Waals surface area contributed by atoms with E-state index in [1.807, 2.05) is 30.3 Å². The van der Waals surface area contributed by atoms with Crippen LogP contribution in [0.25, 0.3) is 23.1 Å². The number of nitro benzene ring substituents is 1. The monoisotopic (exact) mass is 516 g/mol. The number of anilines is 1. The molecule has 8 heteroatoms. The molecule has 1 aromatic heterocycles. The fraction of sp³-hybridized carbons (Fsp3) is 0.0357. The highest BCUT2D eigenvalue weighted by Gasteiger charge is 2.31. The Kier molecular flexibility index (Phi) is 6.22. The first-order valence-corrected chi connectivity index (χ1v) is 11.7. The number of halogens is 2. The van der Waals surface area contributed by atoms with Crippen LogP contribution in [0.2, 0.25) is 10.0 Å². The number of rotatable bonds is 5. The van der Waals surface area contributed by atoms with Gasteiger partial charge in [-0.25, -0.2) is 0 Å². The molecule has 3 aromatic carbocycles. The molecule has 0 bridgehead atoms. The van der Waals surface area contributed by atoms with E-state index in [0.29, 0.717) is 49.7 Å². The van der Waals surface area contributed by atoms with Gasteiger partial charge in [0, 0.05) is 27.8 Å². The van der Waals surface area contributed by atoms with Crippen LogP contribution in [-0.2, 0) is 4.79 Å². The van der Waals surface area contributed by atoms with E-state index in [0.717, 1.165) is 5.56 Å². The standard InChI is InChI=1S/C28H18Cl2N2O4/c1-17-13-21(8-11-25(17)32(34)35)31-26(18-5-3-2-4-6-18)15-19(28(31)33)14-22-9-12-27(36-22)23-16-20(29)7-10-24(23)30/h2-16H,1H3/b19-14+. The summed E-state index contributed by atoms with van der Waals surface area (Å²) in [6.07, 6.45) is 3.44. The van der Waals surface area contributed by atoms with Crippen molar-refractivity contribution >= 4 is 52.3 Å². The number of carbonyl (C=O) groups excluding carboxylic acids is 1. The van der Waals surface area contributed by atoms with Crippen molar-refractivity contribution in [1.29, 1.82) is 0 Å². The number of carbonyl (C=O) groups is 1. The van der Waals surface area contributed by atoms with Gasteiger partial charge in [-0.1, -0.05) is 53.5 Å². The number of hydrogen-bond acceptors (Lipinski definition) is 4. The normalized spacial score (nSPS) is 14.4. The molecule has 0 fully saturated rings. The Morgan fingerprint density at radius 3 is 2.47 bits per heavy atom. The zero-order valence-corrected chi connectivity index (χ0v) is 20.5. The SMILES string of the molecule is Cc1cc(N2C(=O)/C(=C/c3ccc(-c4cc(Cl)ccc4Cl)o3)C=C2c2ccccc2)ccc1[N+](=O)[O-]. The fourth-order valence-electron chi connectivity index (χ4n) is 4.09. The quantitative estimate of drug-likeness (QED) is 0.153. The molecule has 6 nitrogen and oxygen atoms in total. The van der Waals surface area contributed by atoms with Crippen LogP contribution in [0.5, 0.6) is 0 Å². The summed E-state index contributed by atoms with van der Waals surface area (Å²) < 4.78 is 5.96. The third-order valence-electron chi connectivity index (χ3n) is 5.81. The molecule has 2 heterocycles. The smallest absolute Gasteiger partial charge is 0.272 e. The Hall–Kier alpha value is -4.13. The first-order chi connectivity index (χ1) is 17.3. The first-order valence-electron chi connectivity index (χ1n) is 11.0. The van der Waals surface area contributed by atoms with Crippen LogP contribution in [0, 0.1) is 17.0 Å². The summed E-state index contributed by atoms with van der Waals surface area (Å²) in [4.78, 5) is 26.0. The highest BCUT2D eigenvalue weighted by atomic mass is 35.5. The maximum Gasteiger partial charge on any atom is 0.272 e. The van der Waals surface area contributed by atoms with Gasteiger partial charge in [0.1, 0.15) is 11.5 Å². The number of amides is 1. The predicted octanol–water partition coefficient (Wildman–Crippen LogP) is 7.94. The minimum Gasteiger partial charge on any atom is -0.457 e. The summed E-state index contributed by atoms with van der Waals surface area (Å²) in [5, 5.41) is 12.3. The van der Waals surface area contributed by atoms with E-state index in [-0.39, 0.29) is 11.6 Å². The number of aryl methyl sites for hydroxylation is 1. The summed E-state index contributed by atoms with van der Waals surface area (Å²) >= 11 is 12.4. The van der Waals surface area contributed by atoms with Crippen molar-refractivity contribution in [2.75, 3.05) is 4.90 Å². The Morgan fingerprint density at radius 2 is 1.75 bits per heavy atom. The van der Waals surface area contributed by atoms with E-state index in [2.05, 4.69) is 0 Å². The third kappa shape index (κ3) is 4.44. The molecule has 4 aromatic rings. The molecule has 0 unspecified atom stereocenters. The van der Waals surface area contributed by atoms with Crippen LogP contribution in [0.3, 0.4) is 0 Å². The average Bonchev–Trinajstić information content (AvgIpc) is 3.45. The molecule has 0 atom stereocenters. The molecule has 0 N–H and O–H groups in total. The molecule has 36 heavy (non-hydrogen) atoms. The lowest BCUT2D eigenvalue weighted by Crippen LogP contribution is -2.25. The van der Waals surface area contributed by atoms with E-state index in [1.54, 1.807) is 66.4 Å².